The van der Waals surface area contributed by atoms with Gasteiger partial charge in [-0.05, 0) is 18.5 Å². The molecule has 0 heterocycles. The topological polar surface area (TPSA) is 82.3 Å². The van der Waals surface area contributed by atoms with Crippen molar-refractivity contribution in [2.24, 2.45) is 5.92 Å². The molecule has 1 unspecified atom stereocenters. The molecular formula is C16H27ClN4O2. The van der Waals surface area contributed by atoms with Gasteiger partial charge in [0.05, 0.1) is 0 Å². The number of carbonyl (C=O) groups is 2. The fourth-order valence-electron chi connectivity index (χ4n) is 1.93. The Morgan fingerprint density at radius 2 is 1.70 bits per heavy atom. The molecule has 1 rings (SSSR count). The highest BCUT2D eigenvalue weighted by Gasteiger charge is 2.23. The number of nitrogens with one attached hydrogen (secondary N) is 4. The fraction of sp³-hybridized carbons (Fsp3) is 0.500. The number of rotatable bonds is 8. The van der Waals surface area contributed by atoms with Crippen molar-refractivity contribution in [2.45, 2.75) is 26.4 Å². The lowest BCUT2D eigenvalue weighted by Gasteiger charge is -2.22. The zero-order valence-corrected chi connectivity index (χ0v) is 14.7. The Labute approximate surface area is 144 Å². The van der Waals surface area contributed by atoms with E-state index in [-0.39, 0.29) is 30.3 Å². The van der Waals surface area contributed by atoms with E-state index in [1.807, 2.05) is 51.2 Å². The van der Waals surface area contributed by atoms with E-state index in [9.17, 15) is 9.59 Å². The van der Waals surface area contributed by atoms with Crippen LogP contribution in [0.2, 0.25) is 0 Å². The van der Waals surface area contributed by atoms with E-state index in [2.05, 4.69) is 21.3 Å². The molecule has 1 atom stereocenters. The predicted octanol–water partition coefficient (Wildman–Crippen LogP) is 1.27. The number of carbonyl (C=O) groups excluding carboxylic acids is 2. The van der Waals surface area contributed by atoms with Gasteiger partial charge in [-0.15, -0.1) is 12.4 Å². The lowest BCUT2D eigenvalue weighted by atomic mass is 10.0. The summed E-state index contributed by atoms with van der Waals surface area (Å²) in [5.74, 6) is -0.155. The molecule has 0 radical (unpaired) electrons. The average Bonchev–Trinajstić information content (AvgIpc) is 2.51. The molecule has 1 aromatic rings. The van der Waals surface area contributed by atoms with Crippen molar-refractivity contribution in [3.63, 3.8) is 0 Å². The zero-order chi connectivity index (χ0) is 16.4. The number of amides is 3. The molecule has 130 valence electrons. The van der Waals surface area contributed by atoms with Crippen molar-refractivity contribution in [1.82, 2.24) is 21.3 Å². The molecule has 0 aromatic heterocycles. The van der Waals surface area contributed by atoms with Gasteiger partial charge in [-0.2, -0.15) is 0 Å². The van der Waals surface area contributed by atoms with Gasteiger partial charge >= 0.3 is 6.03 Å². The van der Waals surface area contributed by atoms with Crippen LogP contribution in [-0.2, 0) is 11.3 Å². The first-order chi connectivity index (χ1) is 10.5. The minimum atomic E-state index is -0.548. The second-order valence-corrected chi connectivity index (χ2v) is 5.43. The summed E-state index contributed by atoms with van der Waals surface area (Å²) < 4.78 is 0. The lowest BCUT2D eigenvalue weighted by Crippen LogP contribution is -2.53. The third-order valence-electron chi connectivity index (χ3n) is 3.21. The predicted molar refractivity (Wildman–Crippen MR) is 94.6 cm³/mol. The van der Waals surface area contributed by atoms with Crippen LogP contribution in [-0.4, -0.2) is 38.1 Å². The Kier molecular flexibility index (Phi) is 10.8. The van der Waals surface area contributed by atoms with Crippen LogP contribution >= 0.6 is 12.4 Å². The molecule has 0 spiro atoms. The minimum absolute atomic E-state index is 0. The van der Waals surface area contributed by atoms with Crippen LogP contribution in [0.25, 0.3) is 0 Å². The van der Waals surface area contributed by atoms with Crippen molar-refractivity contribution >= 4 is 24.3 Å². The van der Waals surface area contributed by atoms with E-state index >= 15 is 0 Å². The highest BCUT2D eigenvalue weighted by molar-refractivity contribution is 5.87. The van der Waals surface area contributed by atoms with E-state index in [4.69, 9.17) is 0 Å². The summed E-state index contributed by atoms with van der Waals surface area (Å²) in [5, 5.41) is 11.3. The van der Waals surface area contributed by atoms with Gasteiger partial charge < -0.3 is 21.3 Å². The van der Waals surface area contributed by atoms with Gasteiger partial charge in [-0.25, -0.2) is 4.79 Å². The van der Waals surface area contributed by atoms with Crippen LogP contribution in [0.5, 0.6) is 0 Å². The number of benzene rings is 1. The number of hydrogen-bond acceptors (Lipinski definition) is 3. The number of likely N-dealkylation sites (N-methyl/N-ethyl adjacent to an activating group) is 1. The van der Waals surface area contributed by atoms with Crippen LogP contribution < -0.4 is 21.3 Å². The molecule has 6 nitrogen and oxygen atoms in total. The van der Waals surface area contributed by atoms with E-state index < -0.39 is 6.04 Å². The van der Waals surface area contributed by atoms with Crippen molar-refractivity contribution in [2.75, 3.05) is 20.1 Å². The van der Waals surface area contributed by atoms with Crippen molar-refractivity contribution in [3.05, 3.63) is 35.9 Å². The quantitative estimate of drug-likeness (QED) is 0.537. The monoisotopic (exact) mass is 342 g/mol. The molecule has 4 N–H and O–H groups in total. The minimum Gasteiger partial charge on any atom is -0.353 e. The summed E-state index contributed by atoms with van der Waals surface area (Å²) in [7, 11) is 1.82. The summed E-state index contributed by atoms with van der Waals surface area (Å²) in [6, 6.07) is 8.74. The first-order valence-electron chi connectivity index (χ1n) is 7.55. The maximum absolute atomic E-state index is 12.1. The van der Waals surface area contributed by atoms with E-state index in [1.54, 1.807) is 0 Å². The van der Waals surface area contributed by atoms with E-state index in [0.717, 1.165) is 5.56 Å². The molecular weight excluding hydrogens is 316 g/mol. The Balaban J connectivity index is 0.00000484. The summed E-state index contributed by atoms with van der Waals surface area (Å²) in [5.41, 5.74) is 1.01. The van der Waals surface area contributed by atoms with Gasteiger partial charge in [0.1, 0.15) is 6.04 Å². The van der Waals surface area contributed by atoms with Gasteiger partial charge in [0.2, 0.25) is 5.91 Å². The molecule has 0 bridgehead atoms. The SMILES string of the molecule is CNCCNC(=O)C(NC(=O)NCc1ccccc1)C(C)C.Cl. The van der Waals surface area contributed by atoms with Gasteiger partial charge in [0, 0.05) is 19.6 Å². The molecule has 0 aliphatic carbocycles. The summed E-state index contributed by atoms with van der Waals surface area (Å²) >= 11 is 0. The Morgan fingerprint density at radius 3 is 2.26 bits per heavy atom. The maximum atomic E-state index is 12.1. The van der Waals surface area contributed by atoms with E-state index in [0.29, 0.717) is 19.6 Å². The smallest absolute Gasteiger partial charge is 0.315 e. The molecule has 3 amide bonds. The molecule has 1 aromatic carbocycles. The third kappa shape index (κ3) is 8.42. The molecule has 0 saturated heterocycles. The molecule has 0 aliphatic heterocycles. The van der Waals surface area contributed by atoms with Gasteiger partial charge in [0.25, 0.3) is 0 Å². The molecule has 0 aliphatic rings. The first-order valence-corrected chi connectivity index (χ1v) is 7.55. The summed E-state index contributed by atoms with van der Waals surface area (Å²) in [4.78, 5) is 24.0. The molecule has 23 heavy (non-hydrogen) atoms. The fourth-order valence-corrected chi connectivity index (χ4v) is 1.93. The normalized spacial score (nSPS) is 11.3. The van der Waals surface area contributed by atoms with Crippen LogP contribution in [0.1, 0.15) is 19.4 Å². The van der Waals surface area contributed by atoms with Crippen molar-refractivity contribution in [1.29, 1.82) is 0 Å². The first kappa shape index (κ1) is 21.2. The standard InChI is InChI=1S/C16H26N4O2.ClH/c1-12(2)14(15(21)18-10-9-17-3)20-16(22)19-11-13-7-5-4-6-8-13;/h4-8,12,14,17H,9-11H2,1-3H3,(H,18,21)(H2,19,20,22);1H. The van der Waals surface area contributed by atoms with Gasteiger partial charge in [-0.3, -0.25) is 4.79 Å². The molecule has 0 saturated carbocycles. The largest absolute Gasteiger partial charge is 0.353 e. The summed E-state index contributed by atoms with van der Waals surface area (Å²) in [6.45, 7) is 5.46. The Bertz CT molecular complexity index is 468. The van der Waals surface area contributed by atoms with Crippen LogP contribution in [0.3, 0.4) is 0 Å². The molecule has 7 heteroatoms. The molecule has 0 fully saturated rings. The number of urea groups is 1. The maximum Gasteiger partial charge on any atom is 0.315 e. The van der Waals surface area contributed by atoms with Crippen LogP contribution in [0, 0.1) is 5.92 Å². The average molecular weight is 343 g/mol. The highest BCUT2D eigenvalue weighted by Crippen LogP contribution is 2.02. The second kappa shape index (κ2) is 11.7. The van der Waals surface area contributed by atoms with Crippen molar-refractivity contribution in [3.8, 4) is 0 Å². The number of halogens is 1. The van der Waals surface area contributed by atoms with Gasteiger partial charge in [-0.1, -0.05) is 44.2 Å². The third-order valence-corrected chi connectivity index (χ3v) is 3.21. The highest BCUT2D eigenvalue weighted by atomic mass is 35.5. The van der Waals surface area contributed by atoms with Gasteiger partial charge in [0.15, 0.2) is 0 Å². The number of hydrogen-bond donors (Lipinski definition) is 4. The van der Waals surface area contributed by atoms with Crippen LogP contribution in [0.15, 0.2) is 30.3 Å². The Hall–Kier alpha value is -1.79. The van der Waals surface area contributed by atoms with E-state index in [1.165, 1.54) is 0 Å². The summed E-state index contributed by atoms with van der Waals surface area (Å²) in [6.07, 6.45) is 0. The zero-order valence-electron chi connectivity index (χ0n) is 13.9. The van der Waals surface area contributed by atoms with Crippen molar-refractivity contribution < 1.29 is 9.59 Å². The lowest BCUT2D eigenvalue weighted by molar-refractivity contribution is -0.123. The van der Waals surface area contributed by atoms with Crippen LogP contribution in [0.4, 0.5) is 4.79 Å². The second-order valence-electron chi connectivity index (χ2n) is 5.43. The Morgan fingerprint density at radius 1 is 1.04 bits per heavy atom.